The lowest BCUT2D eigenvalue weighted by molar-refractivity contribution is -0.205. The van der Waals surface area contributed by atoms with E-state index in [0.29, 0.717) is 12.8 Å². The van der Waals surface area contributed by atoms with Crippen molar-refractivity contribution in [3.63, 3.8) is 0 Å². The summed E-state index contributed by atoms with van der Waals surface area (Å²) in [4.78, 5) is 34.6. The molecule has 0 aromatic heterocycles. The summed E-state index contributed by atoms with van der Waals surface area (Å²) in [5.74, 6) is -3.72. The van der Waals surface area contributed by atoms with E-state index in [4.69, 9.17) is 4.74 Å². The van der Waals surface area contributed by atoms with Gasteiger partial charge in [-0.05, 0) is 25.7 Å². The van der Waals surface area contributed by atoms with Crippen molar-refractivity contribution in [2.45, 2.75) is 44.6 Å². The average molecular weight is 270 g/mol. The van der Waals surface area contributed by atoms with Crippen molar-refractivity contribution in [3.05, 3.63) is 12.7 Å². The quantitative estimate of drug-likeness (QED) is 0.447. The summed E-state index contributed by atoms with van der Waals surface area (Å²) in [5, 5.41) is 18.8. The van der Waals surface area contributed by atoms with Crippen molar-refractivity contribution in [3.8, 4) is 0 Å². The molecule has 1 fully saturated rings. The van der Waals surface area contributed by atoms with E-state index in [-0.39, 0.29) is 19.3 Å². The second-order valence-electron chi connectivity index (χ2n) is 4.70. The maximum Gasteiger partial charge on any atom is 0.330 e. The van der Waals surface area contributed by atoms with Crippen LogP contribution in [-0.4, -0.2) is 33.7 Å². The van der Waals surface area contributed by atoms with E-state index in [9.17, 15) is 24.6 Å². The van der Waals surface area contributed by atoms with Gasteiger partial charge in [0.2, 0.25) is 5.41 Å². The van der Waals surface area contributed by atoms with E-state index in [1.165, 1.54) is 0 Å². The lowest BCUT2D eigenvalue weighted by Gasteiger charge is -2.46. The predicted molar refractivity (Wildman–Crippen MR) is 65.5 cm³/mol. The molecule has 1 aliphatic rings. The Bertz CT molecular complexity index is 399. The Hall–Kier alpha value is -1.85. The first kappa shape index (κ1) is 15.2. The van der Waals surface area contributed by atoms with Gasteiger partial charge in [-0.2, -0.15) is 0 Å². The molecule has 0 aromatic carbocycles. The number of hydrogen-bond acceptors (Lipinski definition) is 4. The predicted octanol–water partition coefficient (Wildman–Crippen LogP) is 1.59. The second-order valence-corrected chi connectivity index (χ2v) is 4.70. The first-order valence-corrected chi connectivity index (χ1v) is 6.18. The van der Waals surface area contributed by atoms with Gasteiger partial charge in [-0.25, -0.2) is 4.79 Å². The third-order valence-electron chi connectivity index (χ3n) is 3.92. The fourth-order valence-corrected chi connectivity index (χ4v) is 2.86. The maximum absolute atomic E-state index is 11.6. The number of carbonyl (C=O) groups is 3. The lowest BCUT2D eigenvalue weighted by atomic mass is 9.61. The van der Waals surface area contributed by atoms with Crippen LogP contribution in [0.4, 0.5) is 0 Å². The van der Waals surface area contributed by atoms with Crippen molar-refractivity contribution in [1.82, 2.24) is 0 Å². The number of carboxylic acid groups (broad SMARTS) is 2. The van der Waals surface area contributed by atoms with E-state index < -0.39 is 28.9 Å². The molecule has 0 bridgehead atoms. The SMILES string of the molecule is C=CC(=O)OC1(CC)CCCCC1(C(=O)O)C(=O)O. The molecular formula is C13H18O6. The van der Waals surface area contributed by atoms with E-state index in [0.717, 1.165) is 6.08 Å². The van der Waals surface area contributed by atoms with Gasteiger partial charge >= 0.3 is 17.9 Å². The molecule has 6 heteroatoms. The molecule has 0 spiro atoms. The van der Waals surface area contributed by atoms with Crippen molar-refractivity contribution >= 4 is 17.9 Å². The van der Waals surface area contributed by atoms with Gasteiger partial charge in [0.25, 0.3) is 0 Å². The number of rotatable bonds is 5. The largest absolute Gasteiger partial charge is 0.480 e. The number of carboxylic acids is 2. The van der Waals surface area contributed by atoms with Crippen molar-refractivity contribution in [2.24, 2.45) is 5.41 Å². The summed E-state index contributed by atoms with van der Waals surface area (Å²) >= 11 is 0. The Balaban J connectivity index is 3.36. The third-order valence-corrected chi connectivity index (χ3v) is 3.92. The lowest BCUT2D eigenvalue weighted by Crippen LogP contribution is -2.61. The van der Waals surface area contributed by atoms with E-state index in [2.05, 4.69) is 6.58 Å². The fourth-order valence-electron chi connectivity index (χ4n) is 2.86. The highest BCUT2D eigenvalue weighted by Crippen LogP contribution is 2.49. The van der Waals surface area contributed by atoms with Crippen LogP contribution in [-0.2, 0) is 19.1 Å². The monoisotopic (exact) mass is 270 g/mol. The minimum absolute atomic E-state index is 0.0457. The minimum Gasteiger partial charge on any atom is -0.480 e. The molecule has 0 aromatic rings. The number of aliphatic carboxylic acids is 2. The molecule has 0 aliphatic heterocycles. The molecule has 0 heterocycles. The van der Waals surface area contributed by atoms with Crippen LogP contribution in [0.1, 0.15) is 39.0 Å². The summed E-state index contributed by atoms with van der Waals surface area (Å²) in [6.45, 7) is 4.89. The van der Waals surface area contributed by atoms with Gasteiger partial charge in [-0.3, -0.25) is 9.59 Å². The molecule has 6 nitrogen and oxygen atoms in total. The Kier molecular flexibility index (Phi) is 4.34. The zero-order valence-electron chi connectivity index (χ0n) is 10.8. The summed E-state index contributed by atoms with van der Waals surface area (Å²) in [6.07, 6.45) is 2.33. The Morgan fingerprint density at radius 1 is 1.21 bits per heavy atom. The average Bonchev–Trinajstić information content (AvgIpc) is 2.38. The molecule has 1 aliphatic carbocycles. The standard InChI is InChI=1S/C13H18O6/c1-3-9(14)19-12(4-2)7-5-6-8-13(12,10(15)16)11(17)18/h3H,1,4-8H2,2H3,(H,15,16)(H,17,18). The Morgan fingerprint density at radius 3 is 2.16 bits per heavy atom. The highest BCUT2D eigenvalue weighted by Gasteiger charge is 2.65. The van der Waals surface area contributed by atoms with Gasteiger partial charge in [0.15, 0.2) is 0 Å². The number of hydrogen-bond donors (Lipinski definition) is 2. The molecule has 1 saturated carbocycles. The molecule has 1 unspecified atom stereocenters. The molecule has 1 atom stereocenters. The number of carbonyl (C=O) groups excluding carboxylic acids is 1. The molecule has 2 N–H and O–H groups in total. The van der Waals surface area contributed by atoms with Crippen LogP contribution in [0.15, 0.2) is 12.7 Å². The van der Waals surface area contributed by atoms with E-state index >= 15 is 0 Å². The van der Waals surface area contributed by atoms with Gasteiger partial charge in [0.05, 0.1) is 0 Å². The Labute approximate surface area is 111 Å². The van der Waals surface area contributed by atoms with E-state index in [1.54, 1.807) is 6.92 Å². The topological polar surface area (TPSA) is 101 Å². The fraction of sp³-hybridized carbons (Fsp3) is 0.615. The van der Waals surface area contributed by atoms with E-state index in [1.807, 2.05) is 0 Å². The zero-order chi connectivity index (χ0) is 14.7. The summed E-state index contributed by atoms with van der Waals surface area (Å²) in [6, 6.07) is 0. The van der Waals surface area contributed by atoms with Crippen molar-refractivity contribution in [2.75, 3.05) is 0 Å². The highest BCUT2D eigenvalue weighted by molar-refractivity contribution is 6.00. The smallest absolute Gasteiger partial charge is 0.330 e. The maximum atomic E-state index is 11.6. The van der Waals surface area contributed by atoms with Gasteiger partial charge < -0.3 is 14.9 Å². The molecule has 1 rings (SSSR count). The van der Waals surface area contributed by atoms with Crippen LogP contribution < -0.4 is 0 Å². The van der Waals surface area contributed by atoms with Gasteiger partial charge in [0, 0.05) is 6.08 Å². The van der Waals surface area contributed by atoms with Crippen LogP contribution >= 0.6 is 0 Å². The minimum atomic E-state index is -2.08. The first-order chi connectivity index (χ1) is 8.86. The molecule has 0 radical (unpaired) electrons. The van der Waals surface area contributed by atoms with Gasteiger partial charge in [0.1, 0.15) is 5.60 Å². The van der Waals surface area contributed by atoms with Crippen LogP contribution in [0.2, 0.25) is 0 Å². The Morgan fingerprint density at radius 2 is 1.74 bits per heavy atom. The van der Waals surface area contributed by atoms with Crippen LogP contribution in [0.3, 0.4) is 0 Å². The normalized spacial score (nSPS) is 25.3. The molecule has 19 heavy (non-hydrogen) atoms. The van der Waals surface area contributed by atoms with Crippen molar-refractivity contribution in [1.29, 1.82) is 0 Å². The highest BCUT2D eigenvalue weighted by atomic mass is 16.6. The molecular weight excluding hydrogens is 252 g/mol. The molecule has 0 amide bonds. The van der Waals surface area contributed by atoms with Crippen LogP contribution in [0, 0.1) is 5.41 Å². The third kappa shape index (κ3) is 2.22. The zero-order valence-corrected chi connectivity index (χ0v) is 10.8. The van der Waals surface area contributed by atoms with Crippen LogP contribution in [0.25, 0.3) is 0 Å². The number of ether oxygens (including phenoxy) is 1. The molecule has 106 valence electrons. The summed E-state index contributed by atoms with van der Waals surface area (Å²) in [5.41, 5.74) is -3.60. The summed E-state index contributed by atoms with van der Waals surface area (Å²) in [7, 11) is 0. The van der Waals surface area contributed by atoms with Gasteiger partial charge in [-0.1, -0.05) is 19.9 Å². The first-order valence-electron chi connectivity index (χ1n) is 6.18. The number of esters is 1. The van der Waals surface area contributed by atoms with Gasteiger partial charge in [-0.15, -0.1) is 0 Å². The van der Waals surface area contributed by atoms with Crippen molar-refractivity contribution < 1.29 is 29.3 Å². The molecule has 0 saturated heterocycles. The second kappa shape index (κ2) is 5.42. The summed E-state index contributed by atoms with van der Waals surface area (Å²) < 4.78 is 5.20. The van der Waals surface area contributed by atoms with Crippen LogP contribution in [0.5, 0.6) is 0 Å².